The van der Waals surface area contributed by atoms with Crippen LogP contribution in [0.5, 0.6) is 0 Å². The van der Waals surface area contributed by atoms with Crippen LogP contribution in [0.4, 0.5) is 0 Å². The summed E-state index contributed by atoms with van der Waals surface area (Å²) in [4.78, 5) is 15.9. The maximum absolute atomic E-state index is 11.2. The van der Waals surface area contributed by atoms with E-state index in [0.29, 0.717) is 0 Å². The van der Waals surface area contributed by atoms with E-state index in [1.54, 1.807) is 0 Å². The first-order valence-corrected chi connectivity index (χ1v) is 9.19. The Morgan fingerprint density at radius 3 is 2.35 bits per heavy atom. The second-order valence-electron chi connectivity index (χ2n) is 6.83. The SMILES string of the molecule is CC=N/C(=C\C)C(Cc1ccc(C=O)c(C)c1C)c1cccc(C)c1C. The Labute approximate surface area is 157 Å². The van der Waals surface area contributed by atoms with Gasteiger partial charge in [-0.1, -0.05) is 36.4 Å². The van der Waals surface area contributed by atoms with Crippen LogP contribution in [0.15, 0.2) is 47.1 Å². The minimum absolute atomic E-state index is 0.191. The average Bonchev–Trinajstić information content (AvgIpc) is 2.64. The molecule has 0 aliphatic heterocycles. The van der Waals surface area contributed by atoms with Crippen molar-refractivity contribution in [1.82, 2.24) is 0 Å². The van der Waals surface area contributed by atoms with E-state index in [1.807, 2.05) is 33.1 Å². The van der Waals surface area contributed by atoms with E-state index in [2.05, 4.69) is 56.1 Å². The Morgan fingerprint density at radius 1 is 1.00 bits per heavy atom. The second kappa shape index (κ2) is 8.75. The third-order valence-corrected chi connectivity index (χ3v) is 5.45. The van der Waals surface area contributed by atoms with Crippen molar-refractivity contribution >= 4 is 12.5 Å². The van der Waals surface area contributed by atoms with Gasteiger partial charge in [-0.15, -0.1) is 0 Å². The Morgan fingerprint density at radius 2 is 1.73 bits per heavy atom. The lowest BCUT2D eigenvalue weighted by Crippen LogP contribution is -2.10. The van der Waals surface area contributed by atoms with Gasteiger partial charge in [0.15, 0.2) is 0 Å². The number of carbonyl (C=O) groups excluding carboxylic acids is 1. The van der Waals surface area contributed by atoms with E-state index in [1.165, 1.54) is 27.8 Å². The number of hydrogen-bond acceptors (Lipinski definition) is 2. The van der Waals surface area contributed by atoms with Crippen LogP contribution in [0.25, 0.3) is 0 Å². The number of hydrogen-bond donors (Lipinski definition) is 0. The van der Waals surface area contributed by atoms with Gasteiger partial charge in [-0.05, 0) is 81.3 Å². The Bertz CT molecular complexity index is 859. The van der Waals surface area contributed by atoms with Gasteiger partial charge in [-0.3, -0.25) is 9.79 Å². The van der Waals surface area contributed by atoms with Crippen molar-refractivity contribution in [2.45, 2.75) is 53.9 Å². The molecule has 1 unspecified atom stereocenters. The van der Waals surface area contributed by atoms with Gasteiger partial charge in [0.05, 0.1) is 0 Å². The molecule has 0 N–H and O–H groups in total. The molecule has 0 radical (unpaired) electrons. The molecule has 1 atom stereocenters. The highest BCUT2D eigenvalue weighted by Crippen LogP contribution is 2.34. The Balaban J connectivity index is 2.58. The summed E-state index contributed by atoms with van der Waals surface area (Å²) in [7, 11) is 0. The molecular formula is C24H29NO. The largest absolute Gasteiger partial charge is 0.298 e. The highest BCUT2D eigenvalue weighted by molar-refractivity contribution is 5.78. The summed E-state index contributed by atoms with van der Waals surface area (Å²) in [5, 5.41) is 0. The average molecular weight is 348 g/mol. The first-order valence-electron chi connectivity index (χ1n) is 9.19. The van der Waals surface area contributed by atoms with E-state index >= 15 is 0 Å². The van der Waals surface area contributed by atoms with Gasteiger partial charge in [0.25, 0.3) is 0 Å². The summed E-state index contributed by atoms with van der Waals surface area (Å²) < 4.78 is 0. The Hall–Kier alpha value is -2.48. The van der Waals surface area contributed by atoms with Gasteiger partial charge in [-0.2, -0.15) is 0 Å². The Kier molecular flexibility index (Phi) is 6.68. The lowest BCUT2D eigenvalue weighted by molar-refractivity contribution is 0.112. The fraction of sp³-hybridized carbons (Fsp3) is 0.333. The molecule has 0 bridgehead atoms. The zero-order valence-corrected chi connectivity index (χ0v) is 16.8. The molecule has 0 heterocycles. The van der Waals surface area contributed by atoms with Gasteiger partial charge in [0.2, 0.25) is 0 Å². The minimum Gasteiger partial charge on any atom is -0.298 e. The maximum Gasteiger partial charge on any atom is 0.150 e. The van der Waals surface area contributed by atoms with Gasteiger partial charge < -0.3 is 0 Å². The highest BCUT2D eigenvalue weighted by Gasteiger charge is 2.20. The zero-order valence-electron chi connectivity index (χ0n) is 16.8. The van der Waals surface area contributed by atoms with Crippen molar-refractivity contribution in [3.05, 3.63) is 81.0 Å². The van der Waals surface area contributed by atoms with Gasteiger partial charge >= 0.3 is 0 Å². The molecule has 0 spiro atoms. The van der Waals surface area contributed by atoms with Crippen LogP contribution in [0.2, 0.25) is 0 Å². The van der Waals surface area contributed by atoms with Gasteiger partial charge in [-0.25, -0.2) is 0 Å². The van der Waals surface area contributed by atoms with E-state index in [9.17, 15) is 4.79 Å². The number of carbonyl (C=O) groups is 1. The molecule has 0 fully saturated rings. The van der Waals surface area contributed by atoms with Crippen molar-refractivity contribution in [2.24, 2.45) is 4.99 Å². The summed E-state index contributed by atoms with van der Waals surface area (Å²) in [5.74, 6) is 0.191. The van der Waals surface area contributed by atoms with E-state index < -0.39 is 0 Å². The molecule has 0 aromatic heterocycles. The topological polar surface area (TPSA) is 29.4 Å². The normalized spacial score (nSPS) is 13.2. The van der Waals surface area contributed by atoms with Crippen molar-refractivity contribution in [3.8, 4) is 0 Å². The third-order valence-electron chi connectivity index (χ3n) is 5.45. The van der Waals surface area contributed by atoms with Crippen molar-refractivity contribution < 1.29 is 4.79 Å². The number of benzene rings is 2. The fourth-order valence-corrected chi connectivity index (χ4v) is 3.51. The maximum atomic E-state index is 11.2. The summed E-state index contributed by atoms with van der Waals surface area (Å²) in [6.45, 7) is 12.5. The van der Waals surface area contributed by atoms with Crippen LogP contribution >= 0.6 is 0 Å². The molecule has 0 saturated carbocycles. The van der Waals surface area contributed by atoms with Crippen LogP contribution < -0.4 is 0 Å². The van der Waals surface area contributed by atoms with Crippen molar-refractivity contribution in [3.63, 3.8) is 0 Å². The molecule has 2 nitrogen and oxygen atoms in total. The highest BCUT2D eigenvalue weighted by atomic mass is 16.1. The molecule has 2 aromatic rings. The first-order chi connectivity index (χ1) is 12.4. The number of aliphatic imine (C=N–C) groups is 1. The minimum atomic E-state index is 0.191. The number of allylic oxidation sites excluding steroid dienone is 2. The predicted octanol–water partition coefficient (Wildman–Crippen LogP) is 6.05. The summed E-state index contributed by atoms with van der Waals surface area (Å²) in [5.41, 5.74) is 9.32. The van der Waals surface area contributed by atoms with Gasteiger partial charge in [0, 0.05) is 23.4 Å². The van der Waals surface area contributed by atoms with Crippen LogP contribution in [0.3, 0.4) is 0 Å². The molecule has 0 saturated heterocycles. The molecule has 136 valence electrons. The van der Waals surface area contributed by atoms with Gasteiger partial charge in [0.1, 0.15) is 6.29 Å². The summed E-state index contributed by atoms with van der Waals surface area (Å²) in [6, 6.07) is 10.5. The standard InChI is InChI=1S/C24H29NO/c1-7-24(25-8-2)23(22-11-9-10-16(3)17(22)4)14-20-12-13-21(15-26)19(6)18(20)5/h7-13,15,23H,14H2,1-6H3/b24-7-,25-8?. The fourth-order valence-electron chi connectivity index (χ4n) is 3.51. The molecular weight excluding hydrogens is 318 g/mol. The van der Waals surface area contributed by atoms with E-state index in [4.69, 9.17) is 0 Å². The molecule has 2 aromatic carbocycles. The zero-order chi connectivity index (χ0) is 19.3. The smallest absolute Gasteiger partial charge is 0.150 e. The van der Waals surface area contributed by atoms with Crippen LogP contribution in [0, 0.1) is 27.7 Å². The van der Waals surface area contributed by atoms with Crippen LogP contribution in [-0.4, -0.2) is 12.5 Å². The van der Waals surface area contributed by atoms with Crippen molar-refractivity contribution in [1.29, 1.82) is 0 Å². The van der Waals surface area contributed by atoms with Crippen LogP contribution in [0.1, 0.15) is 63.5 Å². The van der Waals surface area contributed by atoms with E-state index in [-0.39, 0.29) is 5.92 Å². The number of aldehydes is 1. The lowest BCUT2D eigenvalue weighted by Gasteiger charge is -2.23. The molecule has 0 aliphatic rings. The second-order valence-corrected chi connectivity index (χ2v) is 6.83. The molecule has 2 rings (SSSR count). The third kappa shape index (κ3) is 4.01. The van der Waals surface area contributed by atoms with Crippen molar-refractivity contribution in [2.75, 3.05) is 0 Å². The number of aryl methyl sites for hydroxylation is 1. The number of nitrogens with zero attached hydrogens (tertiary/aromatic N) is 1. The first kappa shape index (κ1) is 19.8. The summed E-state index contributed by atoms with van der Waals surface area (Å²) in [6.07, 6.45) is 5.77. The molecule has 0 aliphatic carbocycles. The van der Waals surface area contributed by atoms with Crippen LogP contribution in [-0.2, 0) is 6.42 Å². The lowest BCUT2D eigenvalue weighted by atomic mass is 9.83. The monoisotopic (exact) mass is 347 g/mol. The van der Waals surface area contributed by atoms with E-state index in [0.717, 1.165) is 29.5 Å². The quantitative estimate of drug-likeness (QED) is 0.462. The molecule has 0 amide bonds. The molecule has 2 heteroatoms. The predicted molar refractivity (Wildman–Crippen MR) is 112 cm³/mol. The molecule has 26 heavy (non-hydrogen) atoms. The number of rotatable bonds is 6. The summed E-state index contributed by atoms with van der Waals surface area (Å²) >= 11 is 0.